The summed E-state index contributed by atoms with van der Waals surface area (Å²) in [7, 11) is 4.08. The molecule has 29 heavy (non-hydrogen) atoms. The van der Waals surface area contributed by atoms with Gasteiger partial charge in [0.25, 0.3) is 0 Å². The molecule has 6 nitrogen and oxygen atoms in total. The quantitative estimate of drug-likeness (QED) is 0.305. The maximum Gasteiger partial charge on any atom is 0.191 e. The van der Waals surface area contributed by atoms with Crippen LogP contribution in [0.1, 0.15) is 30.7 Å². The number of likely N-dealkylation sites (N-methyl/N-ethyl adjacent to an activating group) is 1. The minimum Gasteiger partial charge on any atom is -0.356 e. The minimum atomic E-state index is 0. The molecule has 3 rings (SSSR count). The topological polar surface area (TPSA) is 46.1 Å². The number of rotatable bonds is 8. The van der Waals surface area contributed by atoms with Crippen LogP contribution >= 0.6 is 35.3 Å². The van der Waals surface area contributed by atoms with Gasteiger partial charge in [-0.3, -0.25) is 9.89 Å². The number of nitrogens with zero attached hydrogens (tertiary/aromatic N) is 4. The maximum absolute atomic E-state index is 4.46. The summed E-state index contributed by atoms with van der Waals surface area (Å²) < 4.78 is 0. The first-order chi connectivity index (χ1) is 13.7. The highest BCUT2D eigenvalue weighted by molar-refractivity contribution is 14.0. The first kappa shape index (κ1) is 24.8. The number of hydrogen-bond acceptors (Lipinski definition) is 5. The van der Waals surface area contributed by atoms with Crippen LogP contribution in [0, 0.1) is 5.92 Å². The lowest BCUT2D eigenvalue weighted by molar-refractivity contribution is 0.139. The lowest BCUT2D eigenvalue weighted by atomic mass is 10.1. The zero-order valence-corrected chi connectivity index (χ0v) is 21.4. The molecule has 2 fully saturated rings. The number of hydrogen-bond donors (Lipinski definition) is 2. The SMILES string of the molecule is CN=C(NCC(C)CN1CCN(C)CC1)NCC(c1cccs1)N1CCCC1.I. The van der Waals surface area contributed by atoms with Gasteiger partial charge in [-0.25, -0.2) is 0 Å². The maximum atomic E-state index is 4.46. The van der Waals surface area contributed by atoms with E-state index in [-0.39, 0.29) is 24.0 Å². The van der Waals surface area contributed by atoms with Gasteiger partial charge in [0.05, 0.1) is 6.04 Å². The first-order valence-corrected chi connectivity index (χ1v) is 11.7. The van der Waals surface area contributed by atoms with E-state index in [1.807, 2.05) is 18.4 Å². The third-order valence-corrected chi connectivity index (χ3v) is 6.90. The first-order valence-electron chi connectivity index (χ1n) is 10.8. The Kier molecular flexibility index (Phi) is 11.2. The molecule has 2 unspecified atom stereocenters. The highest BCUT2D eigenvalue weighted by Crippen LogP contribution is 2.27. The van der Waals surface area contributed by atoms with E-state index < -0.39 is 0 Å². The van der Waals surface area contributed by atoms with Gasteiger partial charge >= 0.3 is 0 Å². The standard InChI is InChI=1S/C21H38N6S.HI/c1-18(17-26-12-10-25(3)11-13-26)15-23-21(22-2)24-16-19(20-7-6-14-28-20)27-8-4-5-9-27;/h6-7,14,18-19H,4-5,8-13,15-17H2,1-3H3,(H2,22,23,24);1H. The van der Waals surface area contributed by atoms with Crippen LogP contribution in [0.3, 0.4) is 0 Å². The number of piperazine rings is 1. The Labute approximate surface area is 198 Å². The van der Waals surface area contributed by atoms with E-state index in [9.17, 15) is 0 Å². The van der Waals surface area contributed by atoms with Gasteiger partial charge in [-0.05, 0) is 50.3 Å². The Morgan fingerprint density at radius 2 is 1.79 bits per heavy atom. The zero-order chi connectivity index (χ0) is 19.8. The molecule has 1 aromatic rings. The van der Waals surface area contributed by atoms with Crippen molar-refractivity contribution in [1.29, 1.82) is 0 Å². The van der Waals surface area contributed by atoms with Gasteiger partial charge in [0.2, 0.25) is 0 Å². The lowest BCUT2D eigenvalue weighted by Crippen LogP contribution is -2.48. The molecule has 0 radical (unpaired) electrons. The van der Waals surface area contributed by atoms with Crippen LogP contribution in [0.15, 0.2) is 22.5 Å². The molecule has 2 aliphatic heterocycles. The largest absolute Gasteiger partial charge is 0.356 e. The molecular formula is C21H39IN6S. The molecule has 1 aromatic heterocycles. The van der Waals surface area contributed by atoms with E-state index in [0.717, 1.165) is 25.6 Å². The Morgan fingerprint density at radius 3 is 2.41 bits per heavy atom. The van der Waals surface area contributed by atoms with Crippen molar-refractivity contribution in [3.63, 3.8) is 0 Å². The summed E-state index contributed by atoms with van der Waals surface area (Å²) >= 11 is 1.86. The van der Waals surface area contributed by atoms with Gasteiger partial charge in [-0.1, -0.05) is 13.0 Å². The molecule has 0 bridgehead atoms. The van der Waals surface area contributed by atoms with Crippen LogP contribution in [0.4, 0.5) is 0 Å². The van der Waals surface area contributed by atoms with Crippen LogP contribution in [0.5, 0.6) is 0 Å². The summed E-state index contributed by atoms with van der Waals surface area (Å²) in [5.74, 6) is 1.53. The molecule has 166 valence electrons. The van der Waals surface area contributed by atoms with Crippen LogP contribution < -0.4 is 10.6 Å². The molecule has 2 N–H and O–H groups in total. The molecule has 2 saturated heterocycles. The van der Waals surface area contributed by atoms with Gasteiger partial charge in [0.1, 0.15) is 0 Å². The number of likely N-dealkylation sites (tertiary alicyclic amines) is 1. The van der Waals surface area contributed by atoms with Crippen LogP contribution in [-0.4, -0.2) is 93.7 Å². The number of nitrogens with one attached hydrogen (secondary N) is 2. The number of halogens is 1. The summed E-state index contributed by atoms with van der Waals surface area (Å²) in [5, 5.41) is 9.31. The average Bonchev–Trinajstić information content (AvgIpc) is 3.41. The molecule has 0 amide bonds. The second-order valence-electron chi connectivity index (χ2n) is 8.32. The van der Waals surface area contributed by atoms with Gasteiger partial charge in [-0.2, -0.15) is 0 Å². The van der Waals surface area contributed by atoms with E-state index >= 15 is 0 Å². The monoisotopic (exact) mass is 534 g/mol. The van der Waals surface area contributed by atoms with Gasteiger partial charge < -0.3 is 20.4 Å². The molecule has 0 spiro atoms. The van der Waals surface area contributed by atoms with Crippen molar-refractivity contribution < 1.29 is 0 Å². The highest BCUT2D eigenvalue weighted by atomic mass is 127. The van der Waals surface area contributed by atoms with Gasteiger partial charge in [0.15, 0.2) is 5.96 Å². The molecule has 3 heterocycles. The molecule has 0 saturated carbocycles. The van der Waals surface area contributed by atoms with Gasteiger partial charge in [-0.15, -0.1) is 35.3 Å². The second-order valence-corrected chi connectivity index (χ2v) is 9.30. The van der Waals surface area contributed by atoms with Crippen LogP contribution in [0.2, 0.25) is 0 Å². The van der Waals surface area contributed by atoms with E-state index in [4.69, 9.17) is 0 Å². The van der Waals surface area contributed by atoms with Crippen molar-refractivity contribution in [1.82, 2.24) is 25.3 Å². The number of aliphatic imine (C=N–C) groups is 1. The molecular weight excluding hydrogens is 495 g/mol. The average molecular weight is 535 g/mol. The highest BCUT2D eigenvalue weighted by Gasteiger charge is 2.24. The van der Waals surface area contributed by atoms with E-state index in [1.165, 1.54) is 57.0 Å². The Hall–Kier alpha value is -0.420. The van der Waals surface area contributed by atoms with E-state index in [0.29, 0.717) is 12.0 Å². The van der Waals surface area contributed by atoms with Crippen molar-refractivity contribution >= 4 is 41.3 Å². The van der Waals surface area contributed by atoms with E-state index in [1.54, 1.807) is 0 Å². The fraction of sp³-hybridized carbons (Fsp3) is 0.762. The van der Waals surface area contributed by atoms with Crippen molar-refractivity contribution in [2.24, 2.45) is 10.9 Å². The Bertz CT molecular complexity index is 582. The van der Waals surface area contributed by atoms with Crippen molar-refractivity contribution in [2.75, 3.05) is 73.0 Å². The van der Waals surface area contributed by atoms with Crippen LogP contribution in [-0.2, 0) is 0 Å². The Morgan fingerprint density at radius 1 is 1.10 bits per heavy atom. The molecule has 8 heteroatoms. The van der Waals surface area contributed by atoms with Gasteiger partial charge in [0, 0.05) is 57.7 Å². The summed E-state index contributed by atoms with van der Waals surface area (Å²) in [5.41, 5.74) is 0. The van der Waals surface area contributed by atoms with E-state index in [2.05, 4.69) is 61.8 Å². The number of thiophene rings is 1. The molecule has 2 atom stereocenters. The molecule has 0 aliphatic carbocycles. The second kappa shape index (κ2) is 13.1. The fourth-order valence-corrected chi connectivity index (χ4v) is 5.03. The molecule has 0 aromatic carbocycles. The number of guanidine groups is 1. The normalized spacial score (nSPS) is 21.6. The summed E-state index contributed by atoms with van der Waals surface area (Å²) in [6, 6.07) is 4.88. The van der Waals surface area contributed by atoms with Crippen molar-refractivity contribution in [3.8, 4) is 0 Å². The Balaban J connectivity index is 0.00000300. The van der Waals surface area contributed by atoms with Crippen molar-refractivity contribution in [2.45, 2.75) is 25.8 Å². The predicted molar refractivity (Wildman–Crippen MR) is 136 cm³/mol. The predicted octanol–water partition coefficient (Wildman–Crippen LogP) is 2.55. The van der Waals surface area contributed by atoms with Crippen molar-refractivity contribution in [3.05, 3.63) is 22.4 Å². The smallest absolute Gasteiger partial charge is 0.191 e. The molecule has 2 aliphatic rings. The summed E-state index contributed by atoms with van der Waals surface area (Å²) in [6.07, 6.45) is 2.64. The lowest BCUT2D eigenvalue weighted by Gasteiger charge is -2.34. The minimum absolute atomic E-state index is 0. The summed E-state index contributed by atoms with van der Waals surface area (Å²) in [4.78, 5) is 13.5. The van der Waals surface area contributed by atoms with Crippen LogP contribution in [0.25, 0.3) is 0 Å². The fourth-order valence-electron chi connectivity index (χ4n) is 4.16. The third kappa shape index (κ3) is 7.97. The summed E-state index contributed by atoms with van der Waals surface area (Å²) in [6.45, 7) is 12.5. The third-order valence-electron chi connectivity index (χ3n) is 5.92. The zero-order valence-electron chi connectivity index (χ0n) is 18.3.